The first kappa shape index (κ1) is 51.3. The first-order valence-electron chi connectivity index (χ1n) is 30.8. The number of hydrogen-bond donors (Lipinski definition) is 0. The summed E-state index contributed by atoms with van der Waals surface area (Å²) in [5.41, 5.74) is 25.0. The number of hydrogen-bond acceptors (Lipinski definition) is 3. The Labute approximate surface area is 521 Å². The van der Waals surface area contributed by atoms with Crippen molar-refractivity contribution >= 4 is 43.6 Å². The van der Waals surface area contributed by atoms with Crippen LogP contribution in [0.5, 0.6) is 0 Å². The van der Waals surface area contributed by atoms with Crippen LogP contribution in [-0.2, 0) is 10.8 Å². The van der Waals surface area contributed by atoms with Gasteiger partial charge in [-0.3, -0.25) is 9.13 Å². The largest absolute Gasteiger partial charge is 0.294 e. The number of nitrogens with zero attached hydrogens (tertiary/aromatic N) is 5. The van der Waals surface area contributed by atoms with E-state index in [9.17, 15) is 5.26 Å². The second-order valence-corrected chi connectivity index (χ2v) is 23.8. The molecule has 5 nitrogen and oxygen atoms in total. The van der Waals surface area contributed by atoms with Gasteiger partial charge < -0.3 is 0 Å². The fourth-order valence-electron chi connectivity index (χ4n) is 15.5. The van der Waals surface area contributed by atoms with Crippen molar-refractivity contribution in [1.29, 1.82) is 5.26 Å². The summed E-state index contributed by atoms with van der Waals surface area (Å²) in [7, 11) is 0. The van der Waals surface area contributed by atoms with Crippen molar-refractivity contribution in [2.24, 2.45) is 0 Å². The quantitative estimate of drug-likeness (QED) is 0.145. The molecular weight excluding hydrogens is 1090 g/mol. The van der Waals surface area contributed by atoms with Crippen LogP contribution in [0.2, 0.25) is 0 Å². The van der Waals surface area contributed by atoms with Crippen molar-refractivity contribution in [2.45, 2.75) is 10.8 Å². The molecule has 0 unspecified atom stereocenters. The van der Waals surface area contributed by atoms with Crippen molar-refractivity contribution in [3.05, 3.63) is 372 Å². The molecule has 0 fully saturated rings. The molecule has 16 aromatic rings. The Morgan fingerprint density at radius 2 is 0.644 bits per heavy atom. The normalized spacial score (nSPS) is 13.3. The van der Waals surface area contributed by atoms with Crippen LogP contribution in [0.25, 0.3) is 111 Å². The van der Waals surface area contributed by atoms with Gasteiger partial charge in [0.1, 0.15) is 5.82 Å². The molecule has 0 saturated carbocycles. The third-order valence-corrected chi connectivity index (χ3v) is 19.4. The topological polar surface area (TPSA) is 59.4 Å². The predicted octanol–water partition coefficient (Wildman–Crippen LogP) is 20.3. The molecule has 0 aliphatic heterocycles. The fourth-order valence-corrected chi connectivity index (χ4v) is 15.5. The van der Waals surface area contributed by atoms with Crippen molar-refractivity contribution < 1.29 is 0 Å². The van der Waals surface area contributed by atoms with Crippen LogP contribution < -0.4 is 0 Å². The average Bonchev–Trinajstić information content (AvgIpc) is 1.56. The highest BCUT2D eigenvalue weighted by atomic mass is 15.2. The Morgan fingerprint density at radius 1 is 0.278 bits per heavy atom. The van der Waals surface area contributed by atoms with E-state index >= 15 is 0 Å². The lowest BCUT2D eigenvalue weighted by atomic mass is 9.67. The second-order valence-electron chi connectivity index (χ2n) is 23.8. The Bertz CT molecular complexity index is 5200. The summed E-state index contributed by atoms with van der Waals surface area (Å²) < 4.78 is 4.52. The zero-order valence-electron chi connectivity index (χ0n) is 48.8. The van der Waals surface area contributed by atoms with Gasteiger partial charge in [0.15, 0.2) is 0 Å². The number of para-hydroxylation sites is 2. The standard InChI is InChI=1S/C85H53N5/c86-54-55-37-39-56(40-38-55)77-53-82(89-78-35-19-15-31-67(78)71-51-59(43-47-80(71)89)57-41-45-75-69(49-57)65-29-13-17-33-73(65)84(75,61-21-5-1-6-22-61)62-23-7-2-8-24-62)88-83(87-77)90-79-36-20-16-32-68(79)72-52-60(44-48-81(72)90)58-42-46-76-70(50-58)66-30-14-18-34-74(66)85(76,63-25-9-3-10-26-63)64-27-11-4-12-28-64/h1-53H. The maximum Gasteiger partial charge on any atom is 0.237 e. The number of nitriles is 1. The molecule has 0 spiro atoms. The van der Waals surface area contributed by atoms with Gasteiger partial charge in [-0.25, -0.2) is 4.98 Å². The summed E-state index contributed by atoms with van der Waals surface area (Å²) in [6.07, 6.45) is 0. The molecule has 0 radical (unpaired) electrons. The van der Waals surface area contributed by atoms with Crippen molar-refractivity contribution in [3.63, 3.8) is 0 Å². The molecule has 0 atom stereocenters. The van der Waals surface area contributed by atoms with Gasteiger partial charge in [0.25, 0.3) is 0 Å². The lowest BCUT2D eigenvalue weighted by molar-refractivity contribution is 0.768. The Kier molecular flexibility index (Phi) is 11.4. The van der Waals surface area contributed by atoms with Gasteiger partial charge >= 0.3 is 0 Å². The lowest BCUT2D eigenvalue weighted by Crippen LogP contribution is -2.28. The monoisotopic (exact) mass is 1140 g/mol. The smallest absolute Gasteiger partial charge is 0.237 e. The Balaban J connectivity index is 0.790. The molecule has 13 aromatic carbocycles. The number of fused-ring (bicyclic) bond motifs is 12. The van der Waals surface area contributed by atoms with Gasteiger partial charge in [-0.05, 0) is 150 Å². The van der Waals surface area contributed by atoms with E-state index < -0.39 is 10.8 Å². The SMILES string of the molecule is N#Cc1ccc(-c2cc(-n3c4ccccc4c4cc(-c5ccc6c(c5)-c5ccccc5C6(c5ccccc5)c5ccccc5)ccc43)nc(-n3c4ccccc4c4cc(-c5ccc6c(c5)-c5ccccc5C6(c5ccccc5)c5ccccc5)ccc43)n2)cc1. The van der Waals surface area contributed by atoms with E-state index in [0.29, 0.717) is 11.5 Å². The van der Waals surface area contributed by atoms with Crippen LogP contribution in [0.4, 0.5) is 0 Å². The van der Waals surface area contributed by atoms with Gasteiger partial charge in [-0.1, -0.05) is 255 Å². The third-order valence-electron chi connectivity index (χ3n) is 19.4. The highest BCUT2D eigenvalue weighted by Gasteiger charge is 2.47. The van der Waals surface area contributed by atoms with Gasteiger partial charge in [0.2, 0.25) is 5.95 Å². The third kappa shape index (κ3) is 7.43. The minimum atomic E-state index is -0.477. The molecule has 418 valence electrons. The zero-order valence-corrected chi connectivity index (χ0v) is 48.8. The van der Waals surface area contributed by atoms with Crippen LogP contribution >= 0.6 is 0 Å². The Morgan fingerprint density at radius 3 is 1.12 bits per heavy atom. The first-order chi connectivity index (χ1) is 44.6. The first-order valence-corrected chi connectivity index (χ1v) is 30.8. The minimum absolute atomic E-state index is 0.475. The van der Waals surface area contributed by atoms with Gasteiger partial charge in [0, 0.05) is 33.2 Å². The van der Waals surface area contributed by atoms with Gasteiger partial charge in [-0.2, -0.15) is 10.2 Å². The highest BCUT2D eigenvalue weighted by molar-refractivity contribution is 6.12. The van der Waals surface area contributed by atoms with Gasteiger partial charge in [-0.15, -0.1) is 0 Å². The molecule has 3 aromatic heterocycles. The van der Waals surface area contributed by atoms with Crippen LogP contribution in [0.1, 0.15) is 50.1 Å². The number of aromatic nitrogens is 4. The van der Waals surface area contributed by atoms with Crippen molar-refractivity contribution in [3.8, 4) is 73.6 Å². The molecule has 5 heteroatoms. The van der Waals surface area contributed by atoms with E-state index in [2.05, 4.69) is 312 Å². The zero-order chi connectivity index (χ0) is 59.5. The minimum Gasteiger partial charge on any atom is -0.294 e. The molecule has 18 rings (SSSR count). The summed E-state index contributed by atoms with van der Waals surface area (Å²) in [6.45, 7) is 0. The van der Waals surface area contributed by atoms with E-state index in [1.807, 2.05) is 24.3 Å². The maximum absolute atomic E-state index is 9.92. The summed E-state index contributed by atoms with van der Waals surface area (Å²) in [6, 6.07) is 119. The molecule has 0 bridgehead atoms. The van der Waals surface area contributed by atoms with E-state index in [4.69, 9.17) is 9.97 Å². The van der Waals surface area contributed by atoms with Crippen LogP contribution in [0.15, 0.2) is 322 Å². The fraction of sp³-hybridized carbons (Fsp3) is 0.0235. The van der Waals surface area contributed by atoms with Crippen LogP contribution in [0, 0.1) is 11.3 Å². The van der Waals surface area contributed by atoms with E-state index in [1.54, 1.807) is 0 Å². The molecule has 0 saturated heterocycles. The maximum atomic E-state index is 9.92. The predicted molar refractivity (Wildman–Crippen MR) is 366 cm³/mol. The van der Waals surface area contributed by atoms with Crippen molar-refractivity contribution in [1.82, 2.24) is 19.1 Å². The highest BCUT2D eigenvalue weighted by Crippen LogP contribution is 2.58. The molecule has 90 heavy (non-hydrogen) atoms. The van der Waals surface area contributed by atoms with Gasteiger partial charge in [0.05, 0.1) is 50.2 Å². The number of rotatable bonds is 9. The van der Waals surface area contributed by atoms with Crippen LogP contribution in [-0.4, -0.2) is 19.1 Å². The van der Waals surface area contributed by atoms with E-state index in [1.165, 1.54) is 66.8 Å². The Hall–Kier alpha value is -12.0. The summed E-state index contributed by atoms with van der Waals surface area (Å²) in [5, 5.41) is 14.4. The number of benzene rings is 13. The van der Waals surface area contributed by atoms with Crippen molar-refractivity contribution in [2.75, 3.05) is 0 Å². The molecule has 0 amide bonds. The van der Waals surface area contributed by atoms with E-state index in [0.717, 1.165) is 82.9 Å². The summed E-state index contributed by atoms with van der Waals surface area (Å²) in [5.74, 6) is 1.27. The molecular formula is C85H53N5. The second kappa shape index (κ2) is 20.0. The summed E-state index contributed by atoms with van der Waals surface area (Å²) in [4.78, 5) is 11.1. The average molecular weight is 1140 g/mol. The molecule has 0 N–H and O–H groups in total. The molecule has 3 heterocycles. The molecule has 2 aliphatic rings. The van der Waals surface area contributed by atoms with E-state index in [-0.39, 0.29) is 0 Å². The summed E-state index contributed by atoms with van der Waals surface area (Å²) >= 11 is 0. The van der Waals surface area contributed by atoms with Crippen LogP contribution in [0.3, 0.4) is 0 Å². The lowest BCUT2D eigenvalue weighted by Gasteiger charge is -2.33. The molecule has 2 aliphatic carbocycles.